The Balaban J connectivity index is 2.83. The van der Waals surface area contributed by atoms with Crippen molar-refractivity contribution in [2.24, 2.45) is 11.7 Å². The second-order valence-electron chi connectivity index (χ2n) is 12.0. The number of anilines is 1. The smallest absolute Gasteiger partial charge is 0.409 e. The van der Waals surface area contributed by atoms with Gasteiger partial charge in [-0.05, 0) is 43.5 Å². The van der Waals surface area contributed by atoms with E-state index >= 15 is 0 Å². The van der Waals surface area contributed by atoms with Gasteiger partial charge in [0, 0.05) is 46.3 Å². The lowest BCUT2D eigenvalue weighted by Gasteiger charge is -2.25. The molecule has 1 aromatic carbocycles. The Morgan fingerprint density at radius 3 is 1.94 bits per heavy atom. The van der Waals surface area contributed by atoms with Gasteiger partial charge in [0.25, 0.3) is 0 Å². The number of primary amides is 1. The van der Waals surface area contributed by atoms with E-state index in [0.717, 1.165) is 0 Å². The molecule has 0 aliphatic rings. The lowest BCUT2D eigenvalue weighted by molar-refractivity contribution is -0.132. The summed E-state index contributed by atoms with van der Waals surface area (Å²) in [7, 11) is 4.77. The zero-order chi connectivity index (χ0) is 38.5. The predicted molar refractivity (Wildman–Crippen MR) is 187 cm³/mol. The van der Waals surface area contributed by atoms with Crippen LogP contribution in [0.4, 0.5) is 15.3 Å². The van der Waals surface area contributed by atoms with Crippen LogP contribution >= 0.6 is 0 Å². The van der Waals surface area contributed by atoms with E-state index in [1.807, 2.05) is 0 Å². The quantitative estimate of drug-likeness (QED) is 0.0661. The van der Waals surface area contributed by atoms with E-state index in [1.54, 1.807) is 59.3 Å². The molecule has 19 nitrogen and oxygen atoms in total. The predicted octanol–water partition coefficient (Wildman–Crippen LogP) is -1.80. The van der Waals surface area contributed by atoms with Gasteiger partial charge in [-0.25, -0.2) is 9.59 Å². The fourth-order valence-corrected chi connectivity index (χ4v) is 4.17. The second kappa shape index (κ2) is 23.0. The summed E-state index contributed by atoms with van der Waals surface area (Å²) in [5.41, 5.74) is 6.16. The minimum atomic E-state index is -1.08. The summed E-state index contributed by atoms with van der Waals surface area (Å²) in [6, 6.07) is 3.60. The number of carbonyl (C=O) groups excluding carboxylic acids is 8. The van der Waals surface area contributed by atoms with Crippen LogP contribution in [-0.4, -0.2) is 130 Å². The number of nitrogens with one attached hydrogen (secondary N) is 7. The summed E-state index contributed by atoms with van der Waals surface area (Å²) >= 11 is 0. The number of likely N-dealkylation sites (N-methyl/N-ethyl adjacent to an activating group) is 3. The molecule has 0 heterocycles. The van der Waals surface area contributed by atoms with Gasteiger partial charge in [0.1, 0.15) is 18.7 Å². The summed E-state index contributed by atoms with van der Waals surface area (Å²) < 4.78 is 5.32. The Hall–Kier alpha value is -5.46. The molecule has 0 spiro atoms. The van der Waals surface area contributed by atoms with Crippen LogP contribution < -0.4 is 43.0 Å². The van der Waals surface area contributed by atoms with Crippen molar-refractivity contribution in [2.75, 3.05) is 65.7 Å². The van der Waals surface area contributed by atoms with Crippen molar-refractivity contribution in [3.05, 3.63) is 29.8 Å². The number of urea groups is 1. The molecule has 0 aliphatic carbocycles. The minimum Gasteiger partial charge on any atom is -0.445 e. The molecule has 0 bridgehead atoms. The molecule has 0 saturated carbocycles. The average Bonchev–Trinajstić information content (AvgIpc) is 3.07. The van der Waals surface area contributed by atoms with E-state index < -0.39 is 66.2 Å². The first-order chi connectivity index (χ1) is 24.0. The summed E-state index contributed by atoms with van der Waals surface area (Å²) in [6.45, 7) is 4.80. The molecule has 9 amide bonds. The third-order valence-electron chi connectivity index (χ3n) is 7.30. The topological polar surface area (TPSA) is 262 Å². The van der Waals surface area contributed by atoms with Crippen LogP contribution in [0.5, 0.6) is 0 Å². The van der Waals surface area contributed by atoms with E-state index in [4.69, 9.17) is 10.5 Å². The normalized spacial score (nSPS) is 11.7. The molecule has 0 aromatic heterocycles. The monoisotopic (exact) mass is 720 g/mol. The molecule has 0 radical (unpaired) electrons. The maximum absolute atomic E-state index is 13.3. The molecule has 1 aromatic rings. The highest BCUT2D eigenvalue weighted by Gasteiger charge is 2.29. The number of rotatable bonds is 21. The Morgan fingerprint density at radius 1 is 0.784 bits per heavy atom. The van der Waals surface area contributed by atoms with E-state index in [9.17, 15) is 38.4 Å². The van der Waals surface area contributed by atoms with Gasteiger partial charge in [0.05, 0.1) is 19.6 Å². The van der Waals surface area contributed by atoms with Crippen molar-refractivity contribution in [3.63, 3.8) is 0 Å². The van der Waals surface area contributed by atoms with Gasteiger partial charge in [0.2, 0.25) is 35.4 Å². The number of ether oxygens (including phenoxy) is 1. The maximum Gasteiger partial charge on any atom is 0.409 e. The van der Waals surface area contributed by atoms with Crippen LogP contribution in [0.15, 0.2) is 24.3 Å². The number of hydrogen-bond acceptors (Lipinski definition) is 10. The van der Waals surface area contributed by atoms with Crippen LogP contribution in [0.2, 0.25) is 0 Å². The maximum atomic E-state index is 13.3. The third-order valence-corrected chi connectivity index (χ3v) is 7.30. The fourth-order valence-electron chi connectivity index (χ4n) is 4.17. The van der Waals surface area contributed by atoms with Crippen LogP contribution in [0.3, 0.4) is 0 Å². The zero-order valence-electron chi connectivity index (χ0n) is 30.1. The van der Waals surface area contributed by atoms with Crippen molar-refractivity contribution in [3.8, 4) is 0 Å². The fraction of sp³-hybridized carbons (Fsp3) is 0.562. The Labute approximate surface area is 297 Å². The van der Waals surface area contributed by atoms with E-state index in [2.05, 4.69) is 37.2 Å². The molecule has 9 N–H and O–H groups in total. The molecule has 0 saturated heterocycles. The lowest BCUT2D eigenvalue weighted by Crippen LogP contribution is -2.56. The van der Waals surface area contributed by atoms with E-state index in [0.29, 0.717) is 17.8 Å². The Morgan fingerprint density at radius 2 is 1.37 bits per heavy atom. The highest BCUT2D eigenvalue weighted by Crippen LogP contribution is 2.13. The van der Waals surface area contributed by atoms with Crippen molar-refractivity contribution in [1.82, 2.24) is 41.7 Å². The Bertz CT molecular complexity index is 1360. The lowest BCUT2D eigenvalue weighted by atomic mass is 10.0. The molecule has 51 heavy (non-hydrogen) atoms. The molecule has 0 aliphatic heterocycles. The second-order valence-corrected chi connectivity index (χ2v) is 12.0. The minimum absolute atomic E-state index is 0.0211. The molecular weight excluding hydrogens is 668 g/mol. The first-order valence-electron chi connectivity index (χ1n) is 16.3. The van der Waals surface area contributed by atoms with Crippen molar-refractivity contribution in [1.29, 1.82) is 0 Å². The molecule has 284 valence electrons. The van der Waals surface area contributed by atoms with Crippen molar-refractivity contribution >= 4 is 53.3 Å². The van der Waals surface area contributed by atoms with Crippen LogP contribution in [0, 0.1) is 5.92 Å². The molecule has 1 rings (SSSR count). The van der Waals surface area contributed by atoms with Crippen molar-refractivity contribution < 1.29 is 43.1 Å². The highest BCUT2D eigenvalue weighted by atomic mass is 16.6. The molecule has 0 fully saturated rings. The molecule has 0 unspecified atom stereocenters. The van der Waals surface area contributed by atoms with Crippen LogP contribution in [0.1, 0.15) is 39.2 Å². The summed E-state index contributed by atoms with van der Waals surface area (Å²) in [5.74, 6) is -3.41. The first kappa shape index (κ1) is 43.6. The van der Waals surface area contributed by atoms with Crippen LogP contribution in [-0.2, 0) is 40.1 Å². The van der Waals surface area contributed by atoms with Gasteiger partial charge < -0.3 is 57.5 Å². The van der Waals surface area contributed by atoms with Crippen molar-refractivity contribution in [2.45, 2.75) is 52.3 Å². The largest absolute Gasteiger partial charge is 0.445 e. The standard InChI is InChI=1S/C32H52N10O9/c1-20(2)28(40-27(46)18-37-26(45)17-36-25(44)16-34-4)30(48)39-24(8-7-13-35-31(33)49)29(47)38-23-11-9-22(10-12-23)19-51-32(50)42(6)15-14-41(5)21(3)43/h9-12,20,24,28,34H,7-8,13-19H2,1-6H3,(H,36,44)(H,37,45)(H,38,47)(H,39,48)(H,40,46)(H3,33,35,49)/t24-,28-/m0/s1. The summed E-state index contributed by atoms with van der Waals surface area (Å²) in [6.07, 6.45) is -0.184. The average molecular weight is 721 g/mol. The molecular formula is C32H52N10O9. The van der Waals surface area contributed by atoms with Gasteiger partial charge in [-0.15, -0.1) is 0 Å². The number of benzene rings is 1. The number of amides is 9. The molecule has 19 heteroatoms. The van der Waals surface area contributed by atoms with Gasteiger partial charge in [-0.3, -0.25) is 28.8 Å². The Kier molecular flexibility index (Phi) is 19.7. The number of nitrogens with zero attached hydrogens (tertiary/aromatic N) is 2. The third kappa shape index (κ3) is 18.2. The summed E-state index contributed by atoms with van der Waals surface area (Å²) in [5, 5.41) is 17.8. The summed E-state index contributed by atoms with van der Waals surface area (Å²) in [4.78, 5) is 100. The number of nitrogens with two attached hydrogens (primary N) is 1. The van der Waals surface area contributed by atoms with Gasteiger partial charge >= 0.3 is 12.1 Å². The van der Waals surface area contributed by atoms with Gasteiger partial charge in [-0.1, -0.05) is 26.0 Å². The van der Waals surface area contributed by atoms with Crippen LogP contribution in [0.25, 0.3) is 0 Å². The van der Waals surface area contributed by atoms with Gasteiger partial charge in [-0.2, -0.15) is 0 Å². The van der Waals surface area contributed by atoms with E-state index in [1.165, 1.54) is 16.7 Å². The van der Waals surface area contributed by atoms with Gasteiger partial charge in [0.15, 0.2) is 0 Å². The highest BCUT2D eigenvalue weighted by molar-refractivity contribution is 5.98. The SMILES string of the molecule is CNCC(=O)NCC(=O)NCC(=O)N[C@H](C(=O)N[C@@H](CCCNC(N)=O)C(=O)Nc1ccc(COC(=O)N(C)CCN(C)C(C)=O)cc1)C(C)C. The molecule has 2 atom stereocenters. The zero-order valence-corrected chi connectivity index (χ0v) is 30.1. The number of hydrogen-bond donors (Lipinski definition) is 8. The number of carbonyl (C=O) groups is 8. The first-order valence-corrected chi connectivity index (χ1v) is 16.3. The van der Waals surface area contributed by atoms with E-state index in [-0.39, 0.29) is 51.5 Å².